The first-order valence-corrected chi connectivity index (χ1v) is 9.98. The molecule has 1 saturated heterocycles. The molecule has 1 aromatic carbocycles. The van der Waals surface area contributed by atoms with Crippen LogP contribution in [0.25, 0.3) is 0 Å². The van der Waals surface area contributed by atoms with Gasteiger partial charge in [0.25, 0.3) is 0 Å². The van der Waals surface area contributed by atoms with E-state index in [1.165, 1.54) is 18.2 Å². The SMILES string of the molecule is O=C([C@@H](Sc1nnnn1Cc1ccco1)c1ccccc1)N1CCCCC1. The third kappa shape index (κ3) is 4.21. The van der Waals surface area contributed by atoms with Gasteiger partial charge in [0.05, 0.1) is 6.26 Å². The molecule has 1 aliphatic heterocycles. The van der Waals surface area contributed by atoms with Crippen molar-refractivity contribution >= 4 is 17.7 Å². The molecule has 1 amide bonds. The predicted molar refractivity (Wildman–Crippen MR) is 101 cm³/mol. The number of rotatable bonds is 6. The third-order valence-corrected chi connectivity index (χ3v) is 5.82. The maximum atomic E-state index is 13.3. The molecule has 27 heavy (non-hydrogen) atoms. The minimum atomic E-state index is -0.370. The van der Waals surface area contributed by atoms with Gasteiger partial charge in [-0.15, -0.1) is 5.10 Å². The van der Waals surface area contributed by atoms with Crippen LogP contribution in [0.2, 0.25) is 0 Å². The van der Waals surface area contributed by atoms with Gasteiger partial charge in [-0.1, -0.05) is 42.1 Å². The largest absolute Gasteiger partial charge is 0.467 e. The molecule has 3 aromatic rings. The molecule has 1 atom stereocenters. The summed E-state index contributed by atoms with van der Waals surface area (Å²) in [7, 11) is 0. The van der Waals surface area contributed by atoms with Gasteiger partial charge in [0, 0.05) is 13.1 Å². The second-order valence-electron chi connectivity index (χ2n) is 6.49. The maximum absolute atomic E-state index is 13.3. The first-order valence-electron chi connectivity index (χ1n) is 9.10. The smallest absolute Gasteiger partial charge is 0.240 e. The topological polar surface area (TPSA) is 77.0 Å². The number of hydrogen-bond acceptors (Lipinski definition) is 6. The van der Waals surface area contributed by atoms with Crippen LogP contribution in [0.3, 0.4) is 0 Å². The average molecular weight is 383 g/mol. The van der Waals surface area contributed by atoms with Crippen molar-refractivity contribution in [1.29, 1.82) is 0 Å². The van der Waals surface area contributed by atoms with E-state index in [0.717, 1.165) is 37.3 Å². The van der Waals surface area contributed by atoms with Crippen molar-refractivity contribution in [2.24, 2.45) is 0 Å². The summed E-state index contributed by atoms with van der Waals surface area (Å²) < 4.78 is 7.06. The summed E-state index contributed by atoms with van der Waals surface area (Å²) in [4.78, 5) is 15.2. The van der Waals surface area contributed by atoms with E-state index in [0.29, 0.717) is 11.7 Å². The molecule has 0 bridgehead atoms. The number of carbonyl (C=O) groups is 1. The van der Waals surface area contributed by atoms with Gasteiger partial charge >= 0.3 is 0 Å². The molecule has 0 aliphatic carbocycles. The van der Waals surface area contributed by atoms with Crippen molar-refractivity contribution in [3.05, 3.63) is 60.1 Å². The van der Waals surface area contributed by atoms with Crippen molar-refractivity contribution in [1.82, 2.24) is 25.1 Å². The Kier molecular flexibility index (Phi) is 5.53. The molecular formula is C19H21N5O2S. The lowest BCUT2D eigenvalue weighted by Gasteiger charge is -2.30. The van der Waals surface area contributed by atoms with Crippen LogP contribution in [0.1, 0.15) is 35.8 Å². The Morgan fingerprint density at radius 3 is 2.67 bits per heavy atom. The molecule has 0 radical (unpaired) electrons. The van der Waals surface area contributed by atoms with Crippen LogP contribution >= 0.6 is 11.8 Å². The second kappa shape index (κ2) is 8.39. The summed E-state index contributed by atoms with van der Waals surface area (Å²) in [6, 6.07) is 13.6. The minimum absolute atomic E-state index is 0.124. The molecule has 4 rings (SSSR count). The Morgan fingerprint density at radius 2 is 1.93 bits per heavy atom. The zero-order chi connectivity index (χ0) is 18.5. The standard InChI is InChI=1S/C19H21N5O2S/c25-18(23-11-5-2-6-12-23)17(15-8-3-1-4-9-15)27-19-20-21-22-24(19)14-16-10-7-13-26-16/h1,3-4,7-10,13,17H,2,5-6,11-12,14H2/t17-/m0/s1. The van der Waals surface area contributed by atoms with Crippen LogP contribution in [0, 0.1) is 0 Å². The predicted octanol–water partition coefficient (Wildman–Crippen LogP) is 3.16. The second-order valence-corrected chi connectivity index (χ2v) is 7.57. The van der Waals surface area contributed by atoms with Crippen molar-refractivity contribution in [2.45, 2.75) is 36.2 Å². The molecule has 7 nitrogen and oxygen atoms in total. The molecule has 0 unspecified atom stereocenters. The number of thioether (sulfide) groups is 1. The average Bonchev–Trinajstić information content (AvgIpc) is 3.39. The number of carbonyl (C=O) groups excluding carboxylic acids is 1. The van der Waals surface area contributed by atoms with E-state index in [1.807, 2.05) is 47.4 Å². The highest BCUT2D eigenvalue weighted by molar-refractivity contribution is 8.00. The van der Waals surface area contributed by atoms with Gasteiger partial charge in [-0.25, -0.2) is 4.68 Å². The van der Waals surface area contributed by atoms with Crippen LogP contribution in [-0.4, -0.2) is 44.1 Å². The number of likely N-dealkylation sites (tertiary alicyclic amines) is 1. The summed E-state index contributed by atoms with van der Waals surface area (Å²) in [5.74, 6) is 0.890. The number of tetrazole rings is 1. The molecule has 0 saturated carbocycles. The number of piperidine rings is 1. The van der Waals surface area contributed by atoms with Gasteiger partial charge < -0.3 is 9.32 Å². The maximum Gasteiger partial charge on any atom is 0.240 e. The normalized spacial score (nSPS) is 15.6. The first-order chi connectivity index (χ1) is 13.3. The van der Waals surface area contributed by atoms with Gasteiger partial charge in [0.2, 0.25) is 11.1 Å². The lowest BCUT2D eigenvalue weighted by Crippen LogP contribution is -2.38. The summed E-state index contributed by atoms with van der Waals surface area (Å²) >= 11 is 1.39. The summed E-state index contributed by atoms with van der Waals surface area (Å²) in [6.45, 7) is 2.07. The molecule has 3 heterocycles. The Labute approximate surface area is 161 Å². The summed E-state index contributed by atoms with van der Waals surface area (Å²) in [6.07, 6.45) is 4.94. The number of aromatic nitrogens is 4. The van der Waals surface area contributed by atoms with E-state index in [9.17, 15) is 4.79 Å². The Balaban J connectivity index is 1.58. The number of furan rings is 1. The Bertz CT molecular complexity index is 859. The highest BCUT2D eigenvalue weighted by atomic mass is 32.2. The molecule has 0 spiro atoms. The van der Waals surface area contributed by atoms with Crippen molar-refractivity contribution in [2.75, 3.05) is 13.1 Å². The number of amides is 1. The monoisotopic (exact) mass is 383 g/mol. The number of hydrogen-bond donors (Lipinski definition) is 0. The highest BCUT2D eigenvalue weighted by Crippen LogP contribution is 2.36. The van der Waals surface area contributed by atoms with Gasteiger partial charge in [-0.2, -0.15) is 0 Å². The quantitative estimate of drug-likeness (QED) is 0.609. The van der Waals surface area contributed by atoms with Gasteiger partial charge in [-0.05, 0) is 47.4 Å². The van der Waals surface area contributed by atoms with E-state index >= 15 is 0 Å². The third-order valence-electron chi connectivity index (χ3n) is 4.60. The molecule has 2 aromatic heterocycles. The molecular weight excluding hydrogens is 362 g/mol. The Hall–Kier alpha value is -2.61. The molecule has 140 valence electrons. The van der Waals surface area contributed by atoms with E-state index in [4.69, 9.17) is 4.42 Å². The van der Waals surface area contributed by atoms with E-state index in [2.05, 4.69) is 15.5 Å². The van der Waals surface area contributed by atoms with Gasteiger partial charge in [0.15, 0.2) is 0 Å². The fourth-order valence-corrected chi connectivity index (χ4v) is 4.26. The summed E-state index contributed by atoms with van der Waals surface area (Å²) in [5.41, 5.74) is 0.964. The van der Waals surface area contributed by atoms with E-state index in [-0.39, 0.29) is 11.2 Å². The minimum Gasteiger partial charge on any atom is -0.467 e. The fraction of sp³-hybridized carbons (Fsp3) is 0.368. The first kappa shape index (κ1) is 17.8. The lowest BCUT2D eigenvalue weighted by molar-refractivity contribution is -0.131. The Morgan fingerprint density at radius 1 is 1.11 bits per heavy atom. The van der Waals surface area contributed by atoms with Crippen LogP contribution in [-0.2, 0) is 11.3 Å². The fourth-order valence-electron chi connectivity index (χ4n) is 3.20. The van der Waals surface area contributed by atoms with E-state index < -0.39 is 0 Å². The highest BCUT2D eigenvalue weighted by Gasteiger charge is 2.29. The molecule has 8 heteroatoms. The number of benzene rings is 1. The lowest BCUT2D eigenvalue weighted by atomic mass is 10.1. The van der Waals surface area contributed by atoms with Crippen LogP contribution < -0.4 is 0 Å². The molecule has 1 fully saturated rings. The molecule has 0 N–H and O–H groups in total. The van der Waals surface area contributed by atoms with Crippen LogP contribution in [0.4, 0.5) is 0 Å². The van der Waals surface area contributed by atoms with Crippen molar-refractivity contribution in [3.8, 4) is 0 Å². The molecule has 1 aliphatic rings. The van der Waals surface area contributed by atoms with Crippen LogP contribution in [0.5, 0.6) is 0 Å². The zero-order valence-corrected chi connectivity index (χ0v) is 15.7. The van der Waals surface area contributed by atoms with Crippen LogP contribution in [0.15, 0.2) is 58.3 Å². The van der Waals surface area contributed by atoms with Crippen molar-refractivity contribution < 1.29 is 9.21 Å². The van der Waals surface area contributed by atoms with Gasteiger partial charge in [0.1, 0.15) is 17.6 Å². The van der Waals surface area contributed by atoms with Gasteiger partial charge in [-0.3, -0.25) is 4.79 Å². The number of nitrogens with zero attached hydrogens (tertiary/aromatic N) is 5. The zero-order valence-electron chi connectivity index (χ0n) is 14.9. The van der Waals surface area contributed by atoms with E-state index in [1.54, 1.807) is 10.9 Å². The van der Waals surface area contributed by atoms with Crippen molar-refractivity contribution in [3.63, 3.8) is 0 Å². The summed E-state index contributed by atoms with van der Waals surface area (Å²) in [5, 5.41) is 12.2.